The third-order valence-corrected chi connectivity index (χ3v) is 3.58. The summed E-state index contributed by atoms with van der Waals surface area (Å²) in [6.45, 7) is 6.04. The molecule has 0 atom stereocenters. The van der Waals surface area contributed by atoms with E-state index in [1.54, 1.807) is 11.7 Å². The van der Waals surface area contributed by atoms with E-state index in [1.807, 2.05) is 20.8 Å². The second-order valence-electron chi connectivity index (χ2n) is 4.75. The predicted molar refractivity (Wildman–Crippen MR) is 76.7 cm³/mol. The molecule has 0 radical (unpaired) electrons. The van der Waals surface area contributed by atoms with Gasteiger partial charge in [0.25, 0.3) is 0 Å². The van der Waals surface area contributed by atoms with Gasteiger partial charge in [-0.1, -0.05) is 20.8 Å². The lowest BCUT2D eigenvalue weighted by Gasteiger charge is -2.00. The fourth-order valence-electron chi connectivity index (χ4n) is 1.60. The zero-order valence-electron chi connectivity index (χ0n) is 12.0. The van der Waals surface area contributed by atoms with E-state index in [-0.39, 0.29) is 18.2 Å². The molecule has 0 aliphatic carbocycles. The molecule has 1 amide bonds. The van der Waals surface area contributed by atoms with Gasteiger partial charge in [0.2, 0.25) is 11.9 Å². The highest BCUT2D eigenvalue weighted by Gasteiger charge is 2.15. The lowest BCUT2D eigenvalue weighted by molar-refractivity contribution is -0.115. The molecule has 0 spiro atoms. The molecule has 7 nitrogen and oxygen atoms in total. The summed E-state index contributed by atoms with van der Waals surface area (Å²) in [5.41, 5.74) is 0. The Kier molecular flexibility index (Phi) is 4.43. The van der Waals surface area contributed by atoms with Crippen molar-refractivity contribution in [3.63, 3.8) is 0 Å². The summed E-state index contributed by atoms with van der Waals surface area (Å²) in [4.78, 5) is 20.5. The summed E-state index contributed by atoms with van der Waals surface area (Å²) >= 11 is 1.30. The molecule has 8 heteroatoms. The van der Waals surface area contributed by atoms with Gasteiger partial charge in [-0.25, -0.2) is 9.97 Å². The minimum atomic E-state index is -0.184. The maximum Gasteiger partial charge on any atom is 0.241 e. The van der Waals surface area contributed by atoms with Crippen LogP contribution in [0.4, 0.5) is 5.95 Å². The fourth-order valence-corrected chi connectivity index (χ4v) is 2.13. The first-order chi connectivity index (χ1) is 9.49. The monoisotopic (exact) mass is 294 g/mol. The van der Waals surface area contributed by atoms with Gasteiger partial charge in [-0.15, -0.1) is 0 Å². The van der Waals surface area contributed by atoms with Gasteiger partial charge in [-0.2, -0.15) is 9.47 Å². The largest absolute Gasteiger partial charge is 0.293 e. The average Bonchev–Trinajstić information content (AvgIpc) is 2.97. The van der Waals surface area contributed by atoms with Gasteiger partial charge >= 0.3 is 0 Å². The van der Waals surface area contributed by atoms with Gasteiger partial charge < -0.3 is 0 Å². The topological polar surface area (TPSA) is 85.6 Å². The van der Waals surface area contributed by atoms with E-state index in [0.29, 0.717) is 11.8 Å². The molecule has 2 rings (SSSR count). The molecule has 0 fully saturated rings. The number of amides is 1. The molecule has 0 aliphatic rings. The van der Waals surface area contributed by atoms with E-state index in [2.05, 4.69) is 24.8 Å². The molecule has 0 unspecified atom stereocenters. The highest BCUT2D eigenvalue weighted by Crippen LogP contribution is 2.11. The number of aryl methyl sites for hydroxylation is 2. The first-order valence-electron chi connectivity index (χ1n) is 6.51. The van der Waals surface area contributed by atoms with Crippen LogP contribution in [-0.4, -0.2) is 30.0 Å². The molecule has 0 bridgehead atoms. The quantitative estimate of drug-likeness (QED) is 0.904. The van der Waals surface area contributed by atoms with Crippen LogP contribution < -0.4 is 5.32 Å². The molecule has 0 saturated heterocycles. The molecular weight excluding hydrogens is 276 g/mol. The lowest BCUT2D eigenvalue weighted by Crippen LogP contribution is -2.17. The Morgan fingerprint density at radius 1 is 1.40 bits per heavy atom. The van der Waals surface area contributed by atoms with Gasteiger partial charge in [0, 0.05) is 13.0 Å². The Balaban J connectivity index is 2.00. The fraction of sp³-hybridized carbons (Fsp3) is 0.583. The molecule has 2 aromatic heterocycles. The number of aromatic nitrogens is 5. The maximum absolute atomic E-state index is 11.9. The van der Waals surface area contributed by atoms with Gasteiger partial charge in [0.1, 0.15) is 10.8 Å². The van der Waals surface area contributed by atoms with Crippen LogP contribution in [0, 0.1) is 0 Å². The minimum Gasteiger partial charge on any atom is -0.293 e. The maximum atomic E-state index is 11.9. The second-order valence-corrected chi connectivity index (χ2v) is 5.59. The van der Waals surface area contributed by atoms with E-state index in [9.17, 15) is 4.79 Å². The van der Waals surface area contributed by atoms with Crippen molar-refractivity contribution < 1.29 is 4.79 Å². The molecule has 2 aromatic rings. The van der Waals surface area contributed by atoms with Crippen molar-refractivity contribution in [1.82, 2.24) is 24.1 Å². The van der Waals surface area contributed by atoms with Crippen molar-refractivity contribution in [3.05, 3.63) is 16.7 Å². The van der Waals surface area contributed by atoms with Crippen LogP contribution in [0.5, 0.6) is 0 Å². The van der Waals surface area contributed by atoms with Crippen molar-refractivity contribution >= 4 is 23.4 Å². The zero-order chi connectivity index (χ0) is 14.7. The zero-order valence-corrected chi connectivity index (χ0v) is 12.9. The standard InChI is InChI=1S/C12H18N6OS/c1-5-10-15-12(17-20-10)14-9(19)6-8-13-11(7(2)3)16-18(8)4/h7H,5-6H2,1-4H3,(H,14,17,19). The molecule has 2 heterocycles. The van der Waals surface area contributed by atoms with Crippen molar-refractivity contribution in [1.29, 1.82) is 0 Å². The van der Waals surface area contributed by atoms with E-state index in [4.69, 9.17) is 0 Å². The van der Waals surface area contributed by atoms with Crippen LogP contribution in [0.25, 0.3) is 0 Å². The number of nitrogens with zero attached hydrogens (tertiary/aromatic N) is 5. The Labute approximate surface area is 121 Å². The molecule has 1 N–H and O–H groups in total. The van der Waals surface area contributed by atoms with E-state index >= 15 is 0 Å². The molecular formula is C12H18N6OS. The highest BCUT2D eigenvalue weighted by atomic mass is 32.1. The summed E-state index contributed by atoms with van der Waals surface area (Å²) in [5.74, 6) is 1.80. The van der Waals surface area contributed by atoms with Crippen LogP contribution in [0.3, 0.4) is 0 Å². The smallest absolute Gasteiger partial charge is 0.241 e. The lowest BCUT2D eigenvalue weighted by atomic mass is 10.2. The number of anilines is 1. The Hall–Kier alpha value is -1.83. The summed E-state index contributed by atoms with van der Waals surface area (Å²) in [7, 11) is 1.79. The van der Waals surface area contributed by atoms with Gasteiger partial charge in [0.05, 0.1) is 6.42 Å². The van der Waals surface area contributed by atoms with Gasteiger partial charge in [-0.3, -0.25) is 14.8 Å². The van der Waals surface area contributed by atoms with Crippen LogP contribution >= 0.6 is 11.5 Å². The summed E-state index contributed by atoms with van der Waals surface area (Å²) < 4.78 is 5.72. The Morgan fingerprint density at radius 3 is 2.70 bits per heavy atom. The molecule has 0 saturated carbocycles. The minimum absolute atomic E-state index is 0.164. The van der Waals surface area contributed by atoms with Gasteiger partial charge in [0.15, 0.2) is 5.82 Å². The van der Waals surface area contributed by atoms with Crippen molar-refractivity contribution in [2.24, 2.45) is 7.05 Å². The third-order valence-electron chi connectivity index (χ3n) is 2.73. The third kappa shape index (κ3) is 3.38. The summed E-state index contributed by atoms with van der Waals surface area (Å²) in [6, 6.07) is 0. The van der Waals surface area contributed by atoms with Crippen LogP contribution in [0.2, 0.25) is 0 Å². The summed E-state index contributed by atoms with van der Waals surface area (Å²) in [6.07, 6.45) is 0.978. The average molecular weight is 294 g/mol. The van der Waals surface area contributed by atoms with Gasteiger partial charge in [-0.05, 0) is 18.0 Å². The van der Waals surface area contributed by atoms with Crippen molar-refractivity contribution in [3.8, 4) is 0 Å². The van der Waals surface area contributed by atoms with Crippen molar-refractivity contribution in [2.75, 3.05) is 5.32 Å². The molecule has 0 aromatic carbocycles. The second kappa shape index (κ2) is 6.08. The van der Waals surface area contributed by atoms with Crippen LogP contribution in [0.1, 0.15) is 43.3 Å². The molecule has 0 aliphatic heterocycles. The van der Waals surface area contributed by atoms with Crippen LogP contribution in [0.15, 0.2) is 0 Å². The number of hydrogen-bond acceptors (Lipinski definition) is 6. The number of carbonyl (C=O) groups is 1. The highest BCUT2D eigenvalue weighted by molar-refractivity contribution is 7.05. The van der Waals surface area contributed by atoms with Crippen molar-refractivity contribution in [2.45, 2.75) is 39.5 Å². The molecule has 20 heavy (non-hydrogen) atoms. The normalized spacial score (nSPS) is 11.1. The predicted octanol–water partition coefficient (Wildman–Crippen LogP) is 1.53. The summed E-state index contributed by atoms with van der Waals surface area (Å²) in [5, 5.41) is 7.87. The van der Waals surface area contributed by atoms with E-state index in [0.717, 1.165) is 17.3 Å². The number of hydrogen-bond donors (Lipinski definition) is 1. The number of carbonyl (C=O) groups excluding carboxylic acids is 1. The van der Waals surface area contributed by atoms with E-state index in [1.165, 1.54) is 11.5 Å². The first kappa shape index (κ1) is 14.6. The Morgan fingerprint density at radius 2 is 2.15 bits per heavy atom. The number of rotatable bonds is 5. The number of nitrogens with one attached hydrogen (secondary N) is 1. The SMILES string of the molecule is CCc1nc(NC(=O)Cc2nc(C(C)C)nn2C)ns1. The Bertz CT molecular complexity index is 603. The first-order valence-corrected chi connectivity index (χ1v) is 7.29. The van der Waals surface area contributed by atoms with Crippen LogP contribution in [-0.2, 0) is 24.7 Å². The molecule has 108 valence electrons. The van der Waals surface area contributed by atoms with E-state index < -0.39 is 0 Å².